The number of carbonyl (C=O) groups is 1. The van der Waals surface area contributed by atoms with Crippen molar-refractivity contribution in [3.8, 4) is 5.75 Å². The first kappa shape index (κ1) is 21.7. The lowest BCUT2D eigenvalue weighted by atomic mass is 9.88. The zero-order valence-corrected chi connectivity index (χ0v) is 17.6. The molecular weight excluding hydrogens is 364 g/mol. The Kier molecular flexibility index (Phi) is 6.92. The second-order valence-corrected chi connectivity index (χ2v) is 9.98. The Labute approximate surface area is 163 Å². The molecule has 1 aromatic rings. The van der Waals surface area contributed by atoms with E-state index in [-0.39, 0.29) is 11.8 Å². The summed E-state index contributed by atoms with van der Waals surface area (Å²) in [7, 11) is -3.41. The van der Waals surface area contributed by atoms with Gasteiger partial charge in [-0.3, -0.25) is 4.79 Å². The summed E-state index contributed by atoms with van der Waals surface area (Å²) < 4.78 is 33.4. The van der Waals surface area contributed by atoms with Crippen molar-refractivity contribution in [3.63, 3.8) is 0 Å². The van der Waals surface area contributed by atoms with Crippen molar-refractivity contribution >= 4 is 15.9 Å². The largest absolute Gasteiger partial charge is 0.487 e. The zero-order chi connectivity index (χ0) is 20.2. The summed E-state index contributed by atoms with van der Waals surface area (Å²) in [4.78, 5) is 11.6. The van der Waals surface area contributed by atoms with Gasteiger partial charge in [-0.25, -0.2) is 8.42 Å². The molecule has 0 fully saturated rings. The highest BCUT2D eigenvalue weighted by atomic mass is 32.2. The monoisotopic (exact) mass is 396 g/mol. The maximum absolute atomic E-state index is 12.9. The summed E-state index contributed by atoms with van der Waals surface area (Å²) in [5.41, 5.74) is 6.02. The van der Waals surface area contributed by atoms with Crippen molar-refractivity contribution in [3.05, 3.63) is 29.3 Å². The van der Waals surface area contributed by atoms with E-state index < -0.39 is 21.5 Å². The van der Waals surface area contributed by atoms with Gasteiger partial charge in [0.25, 0.3) is 0 Å². The number of carbonyl (C=O) groups excluding carboxylic acids is 1. The van der Waals surface area contributed by atoms with Crippen LogP contribution >= 0.6 is 0 Å². The van der Waals surface area contributed by atoms with Crippen molar-refractivity contribution in [2.75, 3.05) is 12.3 Å². The Bertz CT molecular complexity index is 774. The molecule has 7 heteroatoms. The number of amides is 1. The van der Waals surface area contributed by atoms with Crippen LogP contribution in [0.2, 0.25) is 0 Å². The van der Waals surface area contributed by atoms with Crippen LogP contribution < -0.4 is 10.5 Å². The van der Waals surface area contributed by atoms with Gasteiger partial charge in [0.1, 0.15) is 11.4 Å². The fourth-order valence-corrected chi connectivity index (χ4v) is 4.89. The van der Waals surface area contributed by atoms with E-state index in [2.05, 4.69) is 6.92 Å². The number of sulfonamides is 1. The molecule has 1 amide bonds. The van der Waals surface area contributed by atoms with Gasteiger partial charge in [-0.05, 0) is 45.4 Å². The highest BCUT2D eigenvalue weighted by molar-refractivity contribution is 7.89. The predicted octanol–water partition coefficient (Wildman–Crippen LogP) is 3.62. The van der Waals surface area contributed by atoms with Gasteiger partial charge in [0.05, 0.1) is 11.8 Å². The van der Waals surface area contributed by atoms with E-state index in [0.717, 1.165) is 31.2 Å². The maximum atomic E-state index is 12.9. The molecule has 0 aliphatic carbocycles. The van der Waals surface area contributed by atoms with Gasteiger partial charge in [-0.2, -0.15) is 4.31 Å². The number of rotatable bonds is 9. The number of benzene rings is 1. The average Bonchev–Trinajstić information content (AvgIpc) is 2.59. The molecule has 27 heavy (non-hydrogen) atoms. The molecule has 1 aliphatic heterocycles. The molecule has 1 aliphatic rings. The Morgan fingerprint density at radius 1 is 1.26 bits per heavy atom. The first-order chi connectivity index (χ1) is 12.6. The molecule has 1 aromatic carbocycles. The number of hydrogen-bond donors (Lipinski definition) is 1. The van der Waals surface area contributed by atoms with Crippen LogP contribution in [0.5, 0.6) is 5.75 Å². The third kappa shape index (κ3) is 5.23. The van der Waals surface area contributed by atoms with Gasteiger partial charge in [0.2, 0.25) is 15.9 Å². The van der Waals surface area contributed by atoms with Gasteiger partial charge in [0, 0.05) is 24.1 Å². The number of fused-ring (bicyclic) bond motifs is 1. The predicted molar refractivity (Wildman–Crippen MR) is 107 cm³/mol. The molecule has 0 spiro atoms. The molecule has 0 bridgehead atoms. The lowest BCUT2D eigenvalue weighted by molar-refractivity contribution is 0.0500. The molecule has 1 atom stereocenters. The highest BCUT2D eigenvalue weighted by Crippen LogP contribution is 2.44. The molecule has 152 valence electrons. The minimum atomic E-state index is -3.41. The van der Waals surface area contributed by atoms with Crippen molar-refractivity contribution in [1.82, 2.24) is 4.31 Å². The minimum absolute atomic E-state index is 0.0450. The van der Waals surface area contributed by atoms with E-state index in [0.29, 0.717) is 24.3 Å². The van der Waals surface area contributed by atoms with E-state index in [1.54, 1.807) is 29.4 Å². The molecule has 0 radical (unpaired) electrons. The van der Waals surface area contributed by atoms with Crippen LogP contribution in [0.4, 0.5) is 0 Å². The lowest BCUT2D eigenvalue weighted by Gasteiger charge is -2.42. The van der Waals surface area contributed by atoms with Crippen molar-refractivity contribution in [2.24, 2.45) is 5.73 Å². The zero-order valence-electron chi connectivity index (χ0n) is 16.8. The number of unbranched alkanes of at least 4 members (excludes halogenated alkanes) is 3. The molecule has 0 aromatic heterocycles. The summed E-state index contributed by atoms with van der Waals surface area (Å²) in [6.45, 7) is 8.18. The third-order valence-electron chi connectivity index (χ3n) is 5.03. The van der Waals surface area contributed by atoms with E-state index in [9.17, 15) is 13.2 Å². The number of nitrogens with two attached hydrogens (primary N) is 1. The Morgan fingerprint density at radius 3 is 2.56 bits per heavy atom. The maximum Gasteiger partial charge on any atom is 0.248 e. The second-order valence-electron chi connectivity index (χ2n) is 7.77. The van der Waals surface area contributed by atoms with Crippen LogP contribution in [0.25, 0.3) is 0 Å². The van der Waals surface area contributed by atoms with Crippen LogP contribution in [-0.2, 0) is 10.0 Å². The summed E-state index contributed by atoms with van der Waals surface area (Å²) in [5, 5.41) is 0. The average molecular weight is 397 g/mol. The minimum Gasteiger partial charge on any atom is -0.487 e. The first-order valence-electron chi connectivity index (χ1n) is 9.73. The van der Waals surface area contributed by atoms with E-state index >= 15 is 0 Å². The summed E-state index contributed by atoms with van der Waals surface area (Å²) in [6.07, 6.45) is 4.51. The summed E-state index contributed by atoms with van der Waals surface area (Å²) in [6, 6.07) is 4.66. The fourth-order valence-electron chi connectivity index (χ4n) is 3.58. The molecule has 0 saturated heterocycles. The van der Waals surface area contributed by atoms with Crippen LogP contribution in [0, 0.1) is 0 Å². The number of primary amides is 1. The number of nitrogens with zero attached hydrogens (tertiary/aromatic N) is 1. The third-order valence-corrected chi connectivity index (χ3v) is 6.91. The van der Waals surface area contributed by atoms with Gasteiger partial charge in [0.15, 0.2) is 0 Å². The van der Waals surface area contributed by atoms with Gasteiger partial charge >= 0.3 is 0 Å². The normalized spacial score (nSPS) is 18.8. The number of ether oxygens (including phenoxy) is 1. The van der Waals surface area contributed by atoms with Crippen molar-refractivity contribution in [1.29, 1.82) is 0 Å². The van der Waals surface area contributed by atoms with E-state index in [1.165, 1.54) is 0 Å². The quantitative estimate of drug-likeness (QED) is 0.646. The van der Waals surface area contributed by atoms with Gasteiger partial charge in [-0.15, -0.1) is 0 Å². The van der Waals surface area contributed by atoms with Crippen molar-refractivity contribution in [2.45, 2.75) is 71.4 Å². The van der Waals surface area contributed by atoms with E-state index in [4.69, 9.17) is 10.5 Å². The number of hydrogen-bond acceptors (Lipinski definition) is 4. The summed E-state index contributed by atoms with van der Waals surface area (Å²) in [5.74, 6) is 0.129. The topological polar surface area (TPSA) is 89.7 Å². The van der Waals surface area contributed by atoms with Crippen LogP contribution in [0.1, 0.15) is 81.8 Å². The van der Waals surface area contributed by atoms with Crippen LogP contribution in [0.15, 0.2) is 18.2 Å². The SMILES string of the molecule is CCCCCCN(C1CC(C)(C)Oc2ccc(C(N)=O)cc21)S(=O)(=O)CC. The first-order valence-corrected chi connectivity index (χ1v) is 11.3. The second kappa shape index (κ2) is 8.61. The van der Waals surface area contributed by atoms with Gasteiger partial charge in [-0.1, -0.05) is 26.2 Å². The molecular formula is C20H32N2O4S. The molecule has 1 heterocycles. The van der Waals surface area contributed by atoms with E-state index in [1.807, 2.05) is 13.8 Å². The van der Waals surface area contributed by atoms with Crippen LogP contribution in [0.3, 0.4) is 0 Å². The summed E-state index contributed by atoms with van der Waals surface area (Å²) >= 11 is 0. The van der Waals surface area contributed by atoms with Crippen molar-refractivity contribution < 1.29 is 17.9 Å². The Hall–Kier alpha value is -1.60. The molecule has 2 rings (SSSR count). The smallest absolute Gasteiger partial charge is 0.248 e. The standard InChI is InChI=1S/C20H32N2O4S/c1-5-7-8-9-12-22(27(24,25)6-2)17-14-20(3,4)26-18-11-10-15(19(21)23)13-16(17)18/h10-11,13,17H,5-9,12,14H2,1-4H3,(H2,21,23). The molecule has 0 saturated carbocycles. The molecule has 2 N–H and O–H groups in total. The molecule has 6 nitrogen and oxygen atoms in total. The highest BCUT2D eigenvalue weighted by Gasteiger charge is 2.40. The lowest BCUT2D eigenvalue weighted by Crippen LogP contribution is -2.44. The fraction of sp³-hybridized carbons (Fsp3) is 0.650. The Balaban J connectivity index is 2.47. The molecule has 1 unspecified atom stereocenters. The van der Waals surface area contributed by atoms with Gasteiger partial charge < -0.3 is 10.5 Å². The Morgan fingerprint density at radius 2 is 1.96 bits per heavy atom. The van der Waals surface area contributed by atoms with Crippen LogP contribution in [-0.4, -0.2) is 36.5 Å².